The van der Waals surface area contributed by atoms with Gasteiger partial charge in [-0.05, 0) is 32.4 Å². The summed E-state index contributed by atoms with van der Waals surface area (Å²) in [6, 6.07) is 5.87. The van der Waals surface area contributed by atoms with Crippen molar-refractivity contribution in [3.05, 3.63) is 29.3 Å². The number of hydrogen-bond acceptors (Lipinski definition) is 3. The Labute approximate surface area is 102 Å². The lowest BCUT2D eigenvalue weighted by atomic mass is 10.1. The van der Waals surface area contributed by atoms with E-state index >= 15 is 0 Å². The first kappa shape index (κ1) is 13.5. The Bertz CT molecular complexity index is 408. The van der Waals surface area contributed by atoms with Gasteiger partial charge in [0.15, 0.2) is 0 Å². The molecule has 94 valence electrons. The lowest BCUT2D eigenvalue weighted by Gasteiger charge is -2.18. The Balaban J connectivity index is 2.73. The molecular formula is C13H20N2O2. The number of aryl methyl sites for hydroxylation is 1. The van der Waals surface area contributed by atoms with Gasteiger partial charge >= 0.3 is 0 Å². The van der Waals surface area contributed by atoms with Crippen molar-refractivity contribution in [3.63, 3.8) is 0 Å². The van der Waals surface area contributed by atoms with E-state index in [-0.39, 0.29) is 5.91 Å². The number of amides is 1. The summed E-state index contributed by atoms with van der Waals surface area (Å²) in [5.74, 6) is 0.597. The van der Waals surface area contributed by atoms with Crippen LogP contribution in [-0.4, -0.2) is 18.6 Å². The number of carbonyl (C=O) groups is 1. The molecule has 0 fully saturated rings. The van der Waals surface area contributed by atoms with E-state index in [2.05, 4.69) is 5.32 Å². The molecule has 0 aliphatic rings. The van der Waals surface area contributed by atoms with Gasteiger partial charge in [-0.3, -0.25) is 4.79 Å². The molecule has 0 atom stereocenters. The minimum atomic E-state index is -0.863. The summed E-state index contributed by atoms with van der Waals surface area (Å²) in [5, 5.41) is 2.79. The molecular weight excluding hydrogens is 216 g/mol. The van der Waals surface area contributed by atoms with Crippen molar-refractivity contribution in [2.24, 2.45) is 5.73 Å². The number of carbonyl (C=O) groups excluding carboxylic acids is 1. The van der Waals surface area contributed by atoms with Gasteiger partial charge in [-0.2, -0.15) is 0 Å². The Kier molecular flexibility index (Phi) is 4.12. The van der Waals surface area contributed by atoms with Crippen LogP contribution in [-0.2, 0) is 11.3 Å². The van der Waals surface area contributed by atoms with Crippen molar-refractivity contribution < 1.29 is 9.53 Å². The van der Waals surface area contributed by atoms with Gasteiger partial charge in [0.2, 0.25) is 5.91 Å². The van der Waals surface area contributed by atoms with E-state index in [1.165, 1.54) is 0 Å². The number of nitrogens with two attached hydrogens (primary N) is 1. The molecule has 0 spiro atoms. The molecule has 0 aliphatic carbocycles. The molecule has 1 rings (SSSR count). The van der Waals surface area contributed by atoms with Crippen molar-refractivity contribution in [3.8, 4) is 5.75 Å². The summed E-state index contributed by atoms with van der Waals surface area (Å²) >= 11 is 0. The normalized spacial score (nSPS) is 11.1. The van der Waals surface area contributed by atoms with Crippen molar-refractivity contribution >= 4 is 5.91 Å². The summed E-state index contributed by atoms with van der Waals surface area (Å²) in [4.78, 5) is 11.6. The van der Waals surface area contributed by atoms with Crippen LogP contribution in [0.1, 0.15) is 25.0 Å². The van der Waals surface area contributed by atoms with Gasteiger partial charge in [0, 0.05) is 12.1 Å². The van der Waals surface area contributed by atoms with Crippen LogP contribution >= 0.6 is 0 Å². The first-order valence-corrected chi connectivity index (χ1v) is 5.55. The predicted molar refractivity (Wildman–Crippen MR) is 67.8 cm³/mol. The van der Waals surface area contributed by atoms with Crippen LogP contribution < -0.4 is 15.8 Å². The quantitative estimate of drug-likeness (QED) is 0.829. The van der Waals surface area contributed by atoms with E-state index in [1.54, 1.807) is 21.0 Å². The number of ether oxygens (including phenoxy) is 1. The number of methoxy groups -OCH3 is 1. The molecule has 0 saturated carbocycles. The van der Waals surface area contributed by atoms with Crippen LogP contribution in [0.2, 0.25) is 0 Å². The lowest BCUT2D eigenvalue weighted by molar-refractivity contribution is -0.125. The second-order valence-corrected chi connectivity index (χ2v) is 4.72. The van der Waals surface area contributed by atoms with Crippen LogP contribution in [0.15, 0.2) is 18.2 Å². The van der Waals surface area contributed by atoms with Gasteiger partial charge in [0.25, 0.3) is 0 Å². The van der Waals surface area contributed by atoms with E-state index in [4.69, 9.17) is 10.5 Å². The van der Waals surface area contributed by atoms with Crippen LogP contribution in [0.4, 0.5) is 0 Å². The number of rotatable bonds is 4. The molecule has 0 saturated heterocycles. The number of benzene rings is 1. The third-order valence-corrected chi connectivity index (χ3v) is 2.47. The van der Waals surface area contributed by atoms with Gasteiger partial charge < -0.3 is 15.8 Å². The first-order chi connectivity index (χ1) is 7.84. The fraction of sp³-hybridized carbons (Fsp3) is 0.462. The summed E-state index contributed by atoms with van der Waals surface area (Å²) < 4.78 is 5.26. The zero-order valence-electron chi connectivity index (χ0n) is 10.8. The molecule has 1 aromatic rings. The Morgan fingerprint density at radius 2 is 2.12 bits per heavy atom. The monoisotopic (exact) mass is 236 g/mol. The first-order valence-electron chi connectivity index (χ1n) is 5.55. The molecule has 4 heteroatoms. The summed E-state index contributed by atoms with van der Waals surface area (Å²) in [5.41, 5.74) is 6.89. The van der Waals surface area contributed by atoms with Crippen LogP contribution in [0, 0.1) is 6.92 Å². The molecule has 1 amide bonds. The fourth-order valence-corrected chi connectivity index (χ4v) is 1.40. The second-order valence-electron chi connectivity index (χ2n) is 4.72. The maximum Gasteiger partial charge on any atom is 0.239 e. The Morgan fingerprint density at radius 3 is 2.65 bits per heavy atom. The highest BCUT2D eigenvalue weighted by Crippen LogP contribution is 2.19. The highest BCUT2D eigenvalue weighted by Gasteiger charge is 2.21. The van der Waals surface area contributed by atoms with Gasteiger partial charge in [0.1, 0.15) is 5.75 Å². The highest BCUT2D eigenvalue weighted by molar-refractivity contribution is 5.85. The Morgan fingerprint density at radius 1 is 1.47 bits per heavy atom. The molecule has 0 unspecified atom stereocenters. The van der Waals surface area contributed by atoms with Crippen LogP contribution in [0.25, 0.3) is 0 Å². The smallest absolute Gasteiger partial charge is 0.239 e. The topological polar surface area (TPSA) is 64.3 Å². The molecule has 0 aliphatic heterocycles. The van der Waals surface area contributed by atoms with Gasteiger partial charge in [-0.25, -0.2) is 0 Å². The molecule has 0 radical (unpaired) electrons. The standard InChI is InChI=1S/C13H20N2O2/c1-9-5-6-10(11(7-9)17-4)8-15-12(16)13(2,3)14/h5-7H,8,14H2,1-4H3,(H,15,16). The van der Waals surface area contributed by atoms with Gasteiger partial charge in [-0.15, -0.1) is 0 Å². The van der Waals surface area contributed by atoms with E-state index in [9.17, 15) is 4.79 Å². The summed E-state index contributed by atoms with van der Waals surface area (Å²) in [6.07, 6.45) is 0. The molecule has 0 aromatic heterocycles. The number of hydrogen-bond donors (Lipinski definition) is 2. The average molecular weight is 236 g/mol. The molecule has 4 nitrogen and oxygen atoms in total. The maximum atomic E-state index is 11.6. The van der Waals surface area contributed by atoms with Crippen LogP contribution in [0.5, 0.6) is 5.75 Å². The van der Waals surface area contributed by atoms with Crippen LogP contribution in [0.3, 0.4) is 0 Å². The minimum absolute atomic E-state index is 0.180. The molecule has 1 aromatic carbocycles. The molecule has 0 bridgehead atoms. The maximum absolute atomic E-state index is 11.6. The SMILES string of the molecule is COc1cc(C)ccc1CNC(=O)C(C)(C)N. The zero-order valence-corrected chi connectivity index (χ0v) is 10.8. The highest BCUT2D eigenvalue weighted by atomic mass is 16.5. The van der Waals surface area contributed by atoms with Crippen molar-refractivity contribution in [2.75, 3.05) is 7.11 Å². The summed E-state index contributed by atoms with van der Waals surface area (Å²) in [6.45, 7) is 5.76. The third-order valence-electron chi connectivity index (χ3n) is 2.47. The number of nitrogens with one attached hydrogen (secondary N) is 1. The zero-order chi connectivity index (χ0) is 13.1. The second kappa shape index (κ2) is 5.19. The fourth-order valence-electron chi connectivity index (χ4n) is 1.40. The summed E-state index contributed by atoms with van der Waals surface area (Å²) in [7, 11) is 1.62. The average Bonchev–Trinajstić information content (AvgIpc) is 2.25. The largest absolute Gasteiger partial charge is 0.496 e. The third kappa shape index (κ3) is 3.75. The van der Waals surface area contributed by atoms with Crippen molar-refractivity contribution in [1.29, 1.82) is 0 Å². The molecule has 17 heavy (non-hydrogen) atoms. The van der Waals surface area contributed by atoms with E-state index in [1.807, 2.05) is 25.1 Å². The van der Waals surface area contributed by atoms with Crippen molar-refractivity contribution in [2.45, 2.75) is 32.9 Å². The van der Waals surface area contributed by atoms with Gasteiger partial charge in [-0.1, -0.05) is 12.1 Å². The van der Waals surface area contributed by atoms with E-state index in [0.29, 0.717) is 6.54 Å². The van der Waals surface area contributed by atoms with Gasteiger partial charge in [0.05, 0.1) is 12.6 Å². The molecule has 0 heterocycles. The lowest BCUT2D eigenvalue weighted by Crippen LogP contribution is -2.48. The van der Waals surface area contributed by atoms with E-state index in [0.717, 1.165) is 16.9 Å². The minimum Gasteiger partial charge on any atom is -0.496 e. The Hall–Kier alpha value is -1.55. The van der Waals surface area contributed by atoms with Crippen molar-refractivity contribution in [1.82, 2.24) is 5.32 Å². The van der Waals surface area contributed by atoms with E-state index < -0.39 is 5.54 Å². The predicted octanol–water partition coefficient (Wildman–Crippen LogP) is 1.36. The molecule has 3 N–H and O–H groups in total.